The van der Waals surface area contributed by atoms with Crippen LogP contribution in [-0.2, 0) is 0 Å². The highest BCUT2D eigenvalue weighted by Crippen LogP contribution is 2.29. The Balaban J connectivity index is 1.85. The number of anilines is 1. The van der Waals surface area contributed by atoms with E-state index >= 15 is 0 Å². The summed E-state index contributed by atoms with van der Waals surface area (Å²) in [5, 5.41) is 12.2. The molecule has 2 aliphatic heterocycles. The van der Waals surface area contributed by atoms with Crippen LogP contribution in [0.4, 0.5) is 5.69 Å². The maximum atomic E-state index is 8.73. The van der Waals surface area contributed by atoms with Crippen LogP contribution in [0.2, 0.25) is 0 Å². The Kier molecular flexibility index (Phi) is 1.90. The molecule has 2 unspecified atom stereocenters. The normalized spacial score (nSPS) is 28.1. The van der Waals surface area contributed by atoms with Gasteiger partial charge < -0.3 is 10.2 Å². The van der Waals surface area contributed by atoms with E-state index in [9.17, 15) is 0 Å². The van der Waals surface area contributed by atoms with Gasteiger partial charge in [-0.05, 0) is 30.7 Å². The van der Waals surface area contributed by atoms with Crippen molar-refractivity contribution >= 4 is 5.69 Å². The standard InChI is InChI=1S/C12H13N3/c13-6-9-1-3-11(4-2-9)15-8-10-5-12(15)7-14-10/h1-4,10,12,14H,5,7-8H2. The molecule has 2 fully saturated rings. The number of benzene rings is 1. The lowest BCUT2D eigenvalue weighted by Crippen LogP contribution is -2.43. The zero-order valence-corrected chi connectivity index (χ0v) is 8.48. The molecule has 1 aromatic rings. The quantitative estimate of drug-likeness (QED) is 0.736. The first-order chi connectivity index (χ1) is 7.36. The summed E-state index contributed by atoms with van der Waals surface area (Å²) < 4.78 is 0. The lowest BCUT2D eigenvalue weighted by Gasteiger charge is -2.29. The van der Waals surface area contributed by atoms with Crippen LogP contribution in [0, 0.1) is 11.3 Å². The Morgan fingerprint density at radius 2 is 2.13 bits per heavy atom. The van der Waals surface area contributed by atoms with Crippen molar-refractivity contribution in [3.8, 4) is 6.07 Å². The maximum absolute atomic E-state index is 8.73. The van der Waals surface area contributed by atoms with Crippen LogP contribution in [0.3, 0.4) is 0 Å². The number of nitrogens with one attached hydrogen (secondary N) is 1. The lowest BCUT2D eigenvalue weighted by atomic mass is 10.2. The number of hydrogen-bond donors (Lipinski definition) is 1. The fraction of sp³-hybridized carbons (Fsp3) is 0.417. The highest BCUT2D eigenvalue weighted by atomic mass is 15.3. The summed E-state index contributed by atoms with van der Waals surface area (Å²) in [6.07, 6.45) is 1.26. The van der Waals surface area contributed by atoms with Gasteiger partial charge in [-0.3, -0.25) is 0 Å². The summed E-state index contributed by atoms with van der Waals surface area (Å²) in [6, 6.07) is 11.4. The molecule has 2 bridgehead atoms. The first-order valence-corrected chi connectivity index (χ1v) is 5.37. The van der Waals surface area contributed by atoms with Gasteiger partial charge in [0, 0.05) is 30.9 Å². The van der Waals surface area contributed by atoms with E-state index < -0.39 is 0 Å². The average molecular weight is 199 g/mol. The summed E-state index contributed by atoms with van der Waals surface area (Å²) in [6.45, 7) is 2.21. The van der Waals surface area contributed by atoms with Crippen molar-refractivity contribution in [2.75, 3.05) is 18.0 Å². The second kappa shape index (κ2) is 3.25. The number of rotatable bonds is 1. The van der Waals surface area contributed by atoms with E-state index in [4.69, 9.17) is 5.26 Å². The Bertz CT molecular complexity index is 404. The molecule has 15 heavy (non-hydrogen) atoms. The molecule has 3 heteroatoms. The van der Waals surface area contributed by atoms with E-state index in [1.807, 2.05) is 12.1 Å². The first kappa shape index (κ1) is 8.75. The Morgan fingerprint density at radius 1 is 1.33 bits per heavy atom. The zero-order chi connectivity index (χ0) is 10.3. The molecule has 2 atom stereocenters. The van der Waals surface area contributed by atoms with Crippen LogP contribution >= 0.6 is 0 Å². The number of nitriles is 1. The van der Waals surface area contributed by atoms with Gasteiger partial charge in [-0.25, -0.2) is 0 Å². The second-order valence-corrected chi connectivity index (χ2v) is 4.31. The van der Waals surface area contributed by atoms with E-state index in [-0.39, 0.29) is 0 Å². The van der Waals surface area contributed by atoms with Crippen molar-refractivity contribution < 1.29 is 0 Å². The number of fused-ring (bicyclic) bond motifs is 2. The van der Waals surface area contributed by atoms with Gasteiger partial charge >= 0.3 is 0 Å². The van der Waals surface area contributed by atoms with Crippen molar-refractivity contribution in [1.29, 1.82) is 5.26 Å². The molecular formula is C12H13N3. The Hall–Kier alpha value is -1.53. The lowest BCUT2D eigenvalue weighted by molar-refractivity contribution is 0.580. The van der Waals surface area contributed by atoms with Gasteiger partial charge in [-0.1, -0.05) is 0 Å². The minimum absolute atomic E-state index is 0.655. The third-order valence-corrected chi connectivity index (χ3v) is 3.38. The fourth-order valence-electron chi connectivity index (χ4n) is 2.60. The van der Waals surface area contributed by atoms with Crippen LogP contribution in [0.1, 0.15) is 12.0 Å². The summed E-state index contributed by atoms with van der Waals surface area (Å²) in [4.78, 5) is 2.45. The first-order valence-electron chi connectivity index (χ1n) is 5.37. The van der Waals surface area contributed by atoms with E-state index in [0.717, 1.165) is 18.7 Å². The minimum Gasteiger partial charge on any atom is -0.366 e. The molecular weight excluding hydrogens is 186 g/mol. The topological polar surface area (TPSA) is 39.1 Å². The van der Waals surface area contributed by atoms with Crippen LogP contribution in [-0.4, -0.2) is 25.2 Å². The molecule has 3 rings (SSSR count). The third-order valence-electron chi connectivity index (χ3n) is 3.38. The van der Waals surface area contributed by atoms with E-state index in [1.54, 1.807) is 0 Å². The molecule has 1 aromatic carbocycles. The molecule has 0 aromatic heterocycles. The van der Waals surface area contributed by atoms with Crippen molar-refractivity contribution in [1.82, 2.24) is 5.32 Å². The largest absolute Gasteiger partial charge is 0.366 e. The smallest absolute Gasteiger partial charge is 0.0991 e. The molecule has 0 aliphatic carbocycles. The highest BCUT2D eigenvalue weighted by Gasteiger charge is 2.37. The predicted octanol–water partition coefficient (Wildman–Crippen LogP) is 1.11. The fourth-order valence-corrected chi connectivity index (χ4v) is 2.60. The molecule has 2 saturated heterocycles. The molecule has 0 radical (unpaired) electrons. The van der Waals surface area contributed by atoms with E-state index in [1.165, 1.54) is 12.1 Å². The summed E-state index contributed by atoms with van der Waals surface area (Å²) in [7, 11) is 0. The SMILES string of the molecule is N#Cc1ccc(N2CC3CC2CN3)cc1. The summed E-state index contributed by atoms with van der Waals surface area (Å²) in [5.74, 6) is 0. The number of hydrogen-bond acceptors (Lipinski definition) is 3. The molecule has 0 saturated carbocycles. The van der Waals surface area contributed by atoms with Crippen molar-refractivity contribution in [3.05, 3.63) is 29.8 Å². The Labute approximate surface area is 89.3 Å². The van der Waals surface area contributed by atoms with Crippen molar-refractivity contribution in [2.45, 2.75) is 18.5 Å². The van der Waals surface area contributed by atoms with Crippen LogP contribution in [0.15, 0.2) is 24.3 Å². The van der Waals surface area contributed by atoms with Crippen LogP contribution < -0.4 is 10.2 Å². The molecule has 0 amide bonds. The second-order valence-electron chi connectivity index (χ2n) is 4.31. The number of nitrogens with zero attached hydrogens (tertiary/aromatic N) is 2. The van der Waals surface area contributed by atoms with Gasteiger partial charge in [0.15, 0.2) is 0 Å². The van der Waals surface area contributed by atoms with Gasteiger partial charge in [0.2, 0.25) is 0 Å². The molecule has 2 heterocycles. The molecule has 2 aliphatic rings. The third kappa shape index (κ3) is 1.38. The van der Waals surface area contributed by atoms with Gasteiger partial charge in [0.05, 0.1) is 11.6 Å². The highest BCUT2D eigenvalue weighted by molar-refractivity contribution is 5.52. The number of piperazine rings is 1. The van der Waals surface area contributed by atoms with E-state index in [2.05, 4.69) is 28.4 Å². The Morgan fingerprint density at radius 3 is 2.67 bits per heavy atom. The van der Waals surface area contributed by atoms with Crippen LogP contribution in [0.25, 0.3) is 0 Å². The van der Waals surface area contributed by atoms with Crippen molar-refractivity contribution in [3.63, 3.8) is 0 Å². The van der Waals surface area contributed by atoms with Gasteiger partial charge in [0.25, 0.3) is 0 Å². The maximum Gasteiger partial charge on any atom is 0.0991 e. The summed E-state index contributed by atoms with van der Waals surface area (Å²) >= 11 is 0. The van der Waals surface area contributed by atoms with E-state index in [0.29, 0.717) is 12.1 Å². The van der Waals surface area contributed by atoms with Gasteiger partial charge in [-0.15, -0.1) is 0 Å². The molecule has 3 nitrogen and oxygen atoms in total. The minimum atomic E-state index is 0.655. The zero-order valence-electron chi connectivity index (χ0n) is 8.48. The van der Waals surface area contributed by atoms with Crippen molar-refractivity contribution in [2.24, 2.45) is 0 Å². The summed E-state index contributed by atoms with van der Waals surface area (Å²) in [5.41, 5.74) is 1.99. The molecule has 1 N–H and O–H groups in total. The average Bonchev–Trinajstić information content (AvgIpc) is 2.91. The predicted molar refractivity (Wildman–Crippen MR) is 58.7 cm³/mol. The monoisotopic (exact) mass is 199 g/mol. The molecule has 0 spiro atoms. The van der Waals surface area contributed by atoms with Crippen LogP contribution in [0.5, 0.6) is 0 Å². The molecule has 76 valence electrons. The van der Waals surface area contributed by atoms with Gasteiger partial charge in [-0.2, -0.15) is 5.26 Å². The van der Waals surface area contributed by atoms with Gasteiger partial charge in [0.1, 0.15) is 0 Å².